The van der Waals surface area contributed by atoms with E-state index in [9.17, 15) is 14.4 Å². The number of nitrogens with zero attached hydrogens (tertiary/aromatic N) is 8. The van der Waals surface area contributed by atoms with Crippen molar-refractivity contribution in [3.63, 3.8) is 0 Å². The molecule has 5 aromatic rings. The molecule has 1 aromatic carbocycles. The molecule has 1 aliphatic rings. The minimum absolute atomic E-state index is 0.00464. The molecule has 0 bridgehead atoms. The molecular formula is C30H27FN8O2S. The van der Waals surface area contributed by atoms with Gasteiger partial charge >= 0.3 is 0 Å². The molecule has 0 spiro atoms. The molecule has 5 heterocycles. The van der Waals surface area contributed by atoms with Gasteiger partial charge in [-0.2, -0.15) is 5.26 Å². The Hall–Kier alpha value is -4.73. The number of amides is 1. The summed E-state index contributed by atoms with van der Waals surface area (Å²) >= 11 is 1.27. The van der Waals surface area contributed by atoms with E-state index in [1.165, 1.54) is 23.5 Å². The topological polar surface area (TPSA) is 113 Å². The largest absolute Gasteiger partial charge is 0.378 e. The van der Waals surface area contributed by atoms with Crippen LogP contribution in [-0.2, 0) is 22.4 Å². The fourth-order valence-electron chi connectivity index (χ4n) is 4.92. The number of imidazole rings is 1. The van der Waals surface area contributed by atoms with Gasteiger partial charge in [-0.15, -0.1) is 0 Å². The molecule has 1 fully saturated rings. The van der Waals surface area contributed by atoms with Crippen LogP contribution in [0.5, 0.6) is 0 Å². The van der Waals surface area contributed by atoms with Gasteiger partial charge < -0.3 is 14.5 Å². The fourth-order valence-corrected chi connectivity index (χ4v) is 5.77. The van der Waals surface area contributed by atoms with E-state index in [4.69, 9.17) is 14.7 Å². The standard InChI is InChI=1S/C30H27FN8O2S/c1-3-23-29(37(2)30-36-28(24(15-32)42-30)19-4-7-22(31)8-5-19)39-18-20(6-9-26(39)35-23)21-16-33-25(34-17-21)14-27(40)38-10-12-41-13-11-38/h4-9,16-18H,3,10-14H2,1-2H3. The highest BCUT2D eigenvalue weighted by Crippen LogP contribution is 2.37. The summed E-state index contributed by atoms with van der Waals surface area (Å²) in [5, 5.41) is 10.4. The SMILES string of the molecule is CCc1nc2ccc(-c3cnc(CC(=O)N4CCOCC4)nc3)cn2c1N(C)c1nc(-c2ccc(F)cc2)c(C#N)s1. The summed E-state index contributed by atoms with van der Waals surface area (Å²) in [5.41, 5.74) is 4.52. The average Bonchev–Trinajstić information content (AvgIpc) is 3.63. The summed E-state index contributed by atoms with van der Waals surface area (Å²) in [4.78, 5) is 35.3. The predicted octanol–water partition coefficient (Wildman–Crippen LogP) is 4.66. The van der Waals surface area contributed by atoms with Crippen LogP contribution in [0.3, 0.4) is 0 Å². The van der Waals surface area contributed by atoms with Crippen molar-refractivity contribution in [2.24, 2.45) is 0 Å². The van der Waals surface area contributed by atoms with Crippen molar-refractivity contribution >= 4 is 33.8 Å². The van der Waals surface area contributed by atoms with Crippen LogP contribution in [-0.4, -0.2) is 68.5 Å². The Kier molecular flexibility index (Phi) is 7.60. The third kappa shape index (κ3) is 5.32. The first-order chi connectivity index (χ1) is 20.4. The molecule has 10 nitrogen and oxygen atoms in total. The maximum atomic E-state index is 13.5. The number of aromatic nitrogens is 5. The molecular weight excluding hydrogens is 555 g/mol. The highest BCUT2D eigenvalue weighted by Gasteiger charge is 2.22. The van der Waals surface area contributed by atoms with Gasteiger partial charge in [0.1, 0.15) is 39.7 Å². The molecule has 42 heavy (non-hydrogen) atoms. The van der Waals surface area contributed by atoms with Crippen LogP contribution in [0.1, 0.15) is 23.3 Å². The smallest absolute Gasteiger partial charge is 0.230 e. The maximum absolute atomic E-state index is 13.5. The minimum atomic E-state index is -0.347. The van der Waals surface area contributed by atoms with Crippen LogP contribution in [0.15, 0.2) is 55.0 Å². The van der Waals surface area contributed by atoms with E-state index in [-0.39, 0.29) is 18.1 Å². The molecule has 0 N–H and O–H groups in total. The van der Waals surface area contributed by atoms with Crippen LogP contribution < -0.4 is 4.90 Å². The second kappa shape index (κ2) is 11.6. The normalized spacial score (nSPS) is 13.3. The molecule has 6 rings (SSSR count). The van der Waals surface area contributed by atoms with E-state index in [1.54, 1.807) is 29.4 Å². The number of benzene rings is 1. The van der Waals surface area contributed by atoms with E-state index >= 15 is 0 Å². The minimum Gasteiger partial charge on any atom is -0.378 e. The summed E-state index contributed by atoms with van der Waals surface area (Å²) in [6.45, 7) is 4.32. The molecule has 0 atom stereocenters. The Labute approximate surface area is 245 Å². The zero-order chi connectivity index (χ0) is 29.2. The Bertz CT molecular complexity index is 1790. The second-order valence-corrected chi connectivity index (χ2v) is 10.8. The van der Waals surface area contributed by atoms with E-state index in [2.05, 4.69) is 16.0 Å². The summed E-state index contributed by atoms with van der Waals surface area (Å²) in [6.07, 6.45) is 6.27. The molecule has 0 aliphatic carbocycles. The number of carbonyl (C=O) groups is 1. The van der Waals surface area contributed by atoms with Gasteiger partial charge in [0.2, 0.25) is 5.91 Å². The van der Waals surface area contributed by atoms with Gasteiger partial charge in [0, 0.05) is 55.4 Å². The molecule has 4 aromatic heterocycles. The average molecular weight is 583 g/mol. The van der Waals surface area contributed by atoms with Gasteiger partial charge in [-0.1, -0.05) is 18.3 Å². The zero-order valence-corrected chi connectivity index (χ0v) is 23.9. The van der Waals surface area contributed by atoms with Crippen molar-refractivity contribution in [1.82, 2.24) is 29.2 Å². The molecule has 212 valence electrons. The summed E-state index contributed by atoms with van der Waals surface area (Å²) < 4.78 is 20.8. The number of anilines is 2. The van der Waals surface area contributed by atoms with Crippen molar-refractivity contribution in [1.29, 1.82) is 5.26 Å². The van der Waals surface area contributed by atoms with Gasteiger partial charge in [-0.3, -0.25) is 9.20 Å². The van der Waals surface area contributed by atoms with E-state index in [0.29, 0.717) is 59.8 Å². The molecule has 0 saturated carbocycles. The van der Waals surface area contributed by atoms with Crippen LogP contribution in [0, 0.1) is 17.1 Å². The Morgan fingerprint density at radius 2 is 1.79 bits per heavy atom. The van der Waals surface area contributed by atoms with Gasteiger partial charge in [0.25, 0.3) is 0 Å². The lowest BCUT2D eigenvalue weighted by atomic mass is 10.1. The fraction of sp³-hybridized carbons (Fsp3) is 0.267. The first-order valence-corrected chi connectivity index (χ1v) is 14.3. The number of halogens is 1. The van der Waals surface area contributed by atoms with Gasteiger partial charge in [0.15, 0.2) is 5.13 Å². The van der Waals surface area contributed by atoms with Crippen LogP contribution in [0.2, 0.25) is 0 Å². The summed E-state index contributed by atoms with van der Waals surface area (Å²) in [7, 11) is 1.90. The number of aryl methyl sites for hydroxylation is 1. The van der Waals surface area contributed by atoms with Crippen molar-refractivity contribution in [3.8, 4) is 28.5 Å². The third-order valence-corrected chi connectivity index (χ3v) is 8.19. The highest BCUT2D eigenvalue weighted by atomic mass is 32.1. The van der Waals surface area contributed by atoms with Gasteiger partial charge in [0.05, 0.1) is 25.3 Å². The number of fused-ring (bicyclic) bond motifs is 1. The Morgan fingerprint density at radius 3 is 2.48 bits per heavy atom. The number of pyridine rings is 1. The first kappa shape index (κ1) is 27.4. The van der Waals surface area contributed by atoms with Crippen molar-refractivity contribution in [2.45, 2.75) is 19.8 Å². The molecule has 1 amide bonds. The van der Waals surface area contributed by atoms with Crippen molar-refractivity contribution < 1.29 is 13.9 Å². The maximum Gasteiger partial charge on any atom is 0.230 e. The third-order valence-electron chi connectivity index (χ3n) is 7.15. The summed E-state index contributed by atoms with van der Waals surface area (Å²) in [5.74, 6) is 0.948. The van der Waals surface area contributed by atoms with Crippen LogP contribution in [0.25, 0.3) is 28.0 Å². The Balaban J connectivity index is 1.30. The van der Waals surface area contributed by atoms with Gasteiger partial charge in [-0.05, 0) is 42.8 Å². The number of morpholine rings is 1. The van der Waals surface area contributed by atoms with Crippen molar-refractivity contribution in [2.75, 3.05) is 38.3 Å². The number of nitriles is 1. The van der Waals surface area contributed by atoms with E-state index < -0.39 is 0 Å². The Morgan fingerprint density at radius 1 is 1.07 bits per heavy atom. The predicted molar refractivity (Wildman–Crippen MR) is 157 cm³/mol. The second-order valence-electron chi connectivity index (χ2n) is 9.79. The lowest BCUT2D eigenvalue weighted by molar-refractivity contribution is -0.134. The number of ether oxygens (including phenoxy) is 1. The monoisotopic (exact) mass is 582 g/mol. The van der Waals surface area contributed by atoms with E-state index in [0.717, 1.165) is 28.3 Å². The molecule has 0 radical (unpaired) electrons. The number of hydrogen-bond donors (Lipinski definition) is 0. The lowest BCUT2D eigenvalue weighted by Crippen LogP contribution is -2.41. The van der Waals surface area contributed by atoms with Crippen LogP contribution in [0.4, 0.5) is 15.3 Å². The molecule has 1 saturated heterocycles. The number of carbonyl (C=O) groups excluding carboxylic acids is 1. The number of rotatable bonds is 7. The quantitative estimate of drug-likeness (QED) is 0.273. The molecule has 12 heteroatoms. The highest BCUT2D eigenvalue weighted by molar-refractivity contribution is 7.16. The van der Waals surface area contributed by atoms with Gasteiger partial charge in [-0.25, -0.2) is 24.3 Å². The van der Waals surface area contributed by atoms with E-state index in [1.807, 2.05) is 41.6 Å². The first-order valence-electron chi connectivity index (χ1n) is 13.5. The zero-order valence-electron chi connectivity index (χ0n) is 23.1. The number of hydrogen-bond acceptors (Lipinski definition) is 9. The molecule has 1 aliphatic heterocycles. The summed E-state index contributed by atoms with van der Waals surface area (Å²) in [6, 6.07) is 12.1. The van der Waals surface area contributed by atoms with Crippen LogP contribution >= 0.6 is 11.3 Å². The number of thiazole rings is 1. The molecule has 0 unspecified atom stereocenters. The van der Waals surface area contributed by atoms with Crippen molar-refractivity contribution in [3.05, 3.63) is 77.2 Å². The lowest BCUT2D eigenvalue weighted by Gasteiger charge is -2.26.